The Morgan fingerprint density at radius 1 is 0.973 bits per heavy atom. The van der Waals surface area contributed by atoms with Crippen LogP contribution in [0, 0.1) is 19.7 Å². The number of anilines is 2. The van der Waals surface area contributed by atoms with Crippen molar-refractivity contribution in [1.82, 2.24) is 19.9 Å². The number of benzene rings is 2. The normalized spacial score (nSPS) is 10.2. The minimum absolute atomic E-state index is 0.322. The molecule has 0 spiro atoms. The molecule has 2 heterocycles. The van der Waals surface area contributed by atoms with E-state index < -0.39 is 5.82 Å². The van der Waals surface area contributed by atoms with E-state index in [0.29, 0.717) is 46.1 Å². The maximum atomic E-state index is 15.4. The van der Waals surface area contributed by atoms with Crippen molar-refractivity contribution < 1.29 is 13.9 Å². The zero-order valence-corrected chi connectivity index (χ0v) is 23.1. The molecule has 0 aliphatic heterocycles. The minimum atomic E-state index is -0.399. The molecule has 4 rings (SSSR count). The highest BCUT2D eigenvalue weighted by atomic mass is 19.1. The van der Waals surface area contributed by atoms with Crippen LogP contribution < -0.4 is 14.8 Å². The Balaban J connectivity index is 0.00000115. The highest BCUT2D eigenvalue weighted by molar-refractivity contribution is 5.93. The lowest BCUT2D eigenvalue weighted by Crippen LogP contribution is -2.19. The van der Waals surface area contributed by atoms with Crippen molar-refractivity contribution >= 4 is 22.4 Å². The maximum Gasteiger partial charge on any atom is 0.145 e. The first-order chi connectivity index (χ1) is 17.9. The third-order valence-electron chi connectivity index (χ3n) is 5.16. The number of likely N-dealkylation sites (N-methyl/N-ethyl adjacent to an activating group) is 1. The molecule has 0 saturated carbocycles. The molecule has 2 aromatic heterocycles. The molecule has 2 aromatic carbocycles. The second-order valence-corrected chi connectivity index (χ2v) is 7.98. The average molecular weight is 508 g/mol. The van der Waals surface area contributed by atoms with Crippen molar-refractivity contribution in [2.75, 3.05) is 32.6 Å². The molecule has 0 bridgehead atoms. The zero-order valence-electron chi connectivity index (χ0n) is 23.1. The van der Waals surface area contributed by atoms with Crippen molar-refractivity contribution in [2.24, 2.45) is 0 Å². The maximum absolute atomic E-state index is 15.4. The summed E-state index contributed by atoms with van der Waals surface area (Å²) in [5.74, 6) is 1.84. The van der Waals surface area contributed by atoms with E-state index >= 15 is 4.39 Å². The van der Waals surface area contributed by atoms with Crippen LogP contribution in [-0.2, 0) is 0 Å². The van der Waals surface area contributed by atoms with Gasteiger partial charge in [-0.25, -0.2) is 14.4 Å². The fraction of sp³-hybridized carbons (Fsp3) is 0.345. The number of rotatable bonds is 8. The summed E-state index contributed by atoms with van der Waals surface area (Å²) in [4.78, 5) is 14.6. The number of hydrogen-bond acceptors (Lipinski definition) is 7. The molecule has 0 atom stereocenters. The monoisotopic (exact) mass is 507 g/mol. The second kappa shape index (κ2) is 14.7. The highest BCUT2D eigenvalue weighted by Crippen LogP contribution is 2.34. The van der Waals surface area contributed by atoms with Crippen LogP contribution in [0.15, 0.2) is 55.1 Å². The van der Waals surface area contributed by atoms with Gasteiger partial charge >= 0.3 is 0 Å². The quantitative estimate of drug-likeness (QED) is 0.268. The van der Waals surface area contributed by atoms with E-state index in [9.17, 15) is 0 Å². The number of aryl methyl sites for hydroxylation is 1. The molecule has 0 radical (unpaired) electrons. The lowest BCUT2D eigenvalue weighted by atomic mass is 10.1. The van der Waals surface area contributed by atoms with Gasteiger partial charge < -0.3 is 19.7 Å². The van der Waals surface area contributed by atoms with E-state index in [1.807, 2.05) is 83.9 Å². The lowest BCUT2D eigenvalue weighted by molar-refractivity contribution is 0.259. The Labute approximate surface area is 219 Å². The summed E-state index contributed by atoms with van der Waals surface area (Å²) in [6, 6.07) is 11.0. The van der Waals surface area contributed by atoms with Gasteiger partial charge in [0, 0.05) is 30.1 Å². The summed E-state index contributed by atoms with van der Waals surface area (Å²) < 4.78 is 27.0. The molecule has 4 aromatic rings. The molecule has 0 saturated heterocycles. The van der Waals surface area contributed by atoms with Crippen molar-refractivity contribution in [3.8, 4) is 17.2 Å². The third kappa shape index (κ3) is 7.85. The summed E-state index contributed by atoms with van der Waals surface area (Å²) in [7, 11) is 3.92. The van der Waals surface area contributed by atoms with Crippen molar-refractivity contribution in [1.29, 1.82) is 0 Å². The second-order valence-electron chi connectivity index (χ2n) is 7.98. The van der Waals surface area contributed by atoms with Crippen LogP contribution in [0.4, 0.5) is 15.9 Å². The molecule has 0 fully saturated rings. The Bertz CT molecular complexity index is 1270. The van der Waals surface area contributed by atoms with Gasteiger partial charge in [-0.15, -0.1) is 0 Å². The van der Waals surface area contributed by atoms with Gasteiger partial charge in [-0.1, -0.05) is 27.7 Å². The molecule has 7 nitrogen and oxygen atoms in total. The van der Waals surface area contributed by atoms with Gasteiger partial charge in [-0.3, -0.25) is 4.98 Å². The van der Waals surface area contributed by atoms with E-state index in [0.717, 1.165) is 17.8 Å². The van der Waals surface area contributed by atoms with Crippen molar-refractivity contribution in [3.63, 3.8) is 0 Å². The largest absolute Gasteiger partial charge is 0.492 e. The molecule has 0 amide bonds. The number of nitrogens with zero attached hydrogens (tertiary/aromatic N) is 4. The van der Waals surface area contributed by atoms with Gasteiger partial charge in [-0.2, -0.15) is 0 Å². The van der Waals surface area contributed by atoms with Gasteiger partial charge in [0.15, 0.2) is 0 Å². The Morgan fingerprint density at radius 2 is 1.73 bits per heavy atom. The van der Waals surface area contributed by atoms with Crippen LogP contribution in [0.3, 0.4) is 0 Å². The molecular formula is C29H38FN5O2. The molecule has 0 unspecified atom stereocenters. The van der Waals surface area contributed by atoms with Crippen LogP contribution in [0.1, 0.15) is 38.8 Å². The van der Waals surface area contributed by atoms with Gasteiger partial charge in [-0.05, 0) is 63.8 Å². The van der Waals surface area contributed by atoms with Gasteiger partial charge in [0.2, 0.25) is 0 Å². The van der Waals surface area contributed by atoms with Gasteiger partial charge in [0.25, 0.3) is 0 Å². The zero-order chi connectivity index (χ0) is 27.4. The first kappa shape index (κ1) is 29.5. The fourth-order valence-corrected chi connectivity index (χ4v) is 3.35. The van der Waals surface area contributed by atoms with Gasteiger partial charge in [0.05, 0.1) is 17.1 Å². The van der Waals surface area contributed by atoms with E-state index in [4.69, 9.17) is 9.47 Å². The predicted molar refractivity (Wildman–Crippen MR) is 150 cm³/mol. The number of fused-ring (bicyclic) bond motifs is 1. The van der Waals surface area contributed by atoms with Gasteiger partial charge in [0.1, 0.15) is 41.8 Å². The van der Waals surface area contributed by atoms with E-state index in [2.05, 4.69) is 20.3 Å². The number of ether oxygens (including phenoxy) is 2. The lowest BCUT2D eigenvalue weighted by Gasteiger charge is -2.16. The van der Waals surface area contributed by atoms with Crippen LogP contribution >= 0.6 is 0 Å². The first-order valence-electron chi connectivity index (χ1n) is 12.6. The minimum Gasteiger partial charge on any atom is -0.492 e. The molecule has 1 N–H and O–H groups in total. The molecule has 37 heavy (non-hydrogen) atoms. The molecule has 8 heteroatoms. The Hall–Kier alpha value is -3.78. The van der Waals surface area contributed by atoms with Crippen LogP contribution in [0.25, 0.3) is 10.9 Å². The number of nitrogens with one attached hydrogen (secondary N) is 1. The number of pyridine rings is 1. The topological polar surface area (TPSA) is 72.4 Å². The number of hydrogen-bond donors (Lipinski definition) is 1. The Morgan fingerprint density at radius 3 is 2.38 bits per heavy atom. The SMILES string of the molecule is CC.CC.Cc1cc(Nc2ncnc3cc(OCCN(C)C)c(C)c(F)c23)ccc1Oc1cccnc1. The Kier molecular flexibility index (Phi) is 11.7. The molecular weight excluding hydrogens is 469 g/mol. The molecule has 0 aliphatic rings. The fourth-order valence-electron chi connectivity index (χ4n) is 3.35. The first-order valence-corrected chi connectivity index (χ1v) is 12.6. The van der Waals surface area contributed by atoms with Crippen LogP contribution in [0.2, 0.25) is 0 Å². The van der Waals surface area contributed by atoms with Crippen molar-refractivity contribution in [3.05, 3.63) is 72.1 Å². The van der Waals surface area contributed by atoms with Crippen LogP contribution in [-0.4, -0.2) is 47.1 Å². The molecule has 0 aliphatic carbocycles. The summed E-state index contributed by atoms with van der Waals surface area (Å²) in [5.41, 5.74) is 2.57. The third-order valence-corrected chi connectivity index (χ3v) is 5.16. The average Bonchev–Trinajstić information content (AvgIpc) is 2.91. The summed E-state index contributed by atoms with van der Waals surface area (Å²) in [6.07, 6.45) is 4.76. The van der Waals surface area contributed by atoms with E-state index in [1.54, 1.807) is 25.4 Å². The van der Waals surface area contributed by atoms with E-state index in [1.165, 1.54) is 6.33 Å². The van der Waals surface area contributed by atoms with E-state index in [-0.39, 0.29) is 0 Å². The van der Waals surface area contributed by atoms with Crippen LogP contribution in [0.5, 0.6) is 17.2 Å². The number of aromatic nitrogens is 3. The predicted octanol–water partition coefficient (Wildman–Crippen LogP) is 7.31. The van der Waals surface area contributed by atoms with Crippen molar-refractivity contribution in [2.45, 2.75) is 41.5 Å². The summed E-state index contributed by atoms with van der Waals surface area (Å²) in [5, 5.41) is 3.54. The standard InChI is InChI=1S/C25H26FN5O2.2C2H6/c1-16-12-18(7-8-21(16)33-19-6-5-9-27-14-19)30-25-23-20(28-15-29-25)13-22(17(2)24(23)26)32-11-10-31(3)4;2*1-2/h5-9,12-15H,10-11H2,1-4H3,(H,28,29,30);2*1-2H3. The summed E-state index contributed by atoms with van der Waals surface area (Å²) in [6.45, 7) is 12.8. The number of halogens is 1. The smallest absolute Gasteiger partial charge is 0.145 e. The molecule has 198 valence electrons. The summed E-state index contributed by atoms with van der Waals surface area (Å²) >= 11 is 0. The highest BCUT2D eigenvalue weighted by Gasteiger charge is 2.17.